The van der Waals surface area contributed by atoms with Crippen LogP contribution in [0.3, 0.4) is 0 Å². The molecule has 0 spiro atoms. The first-order valence-corrected chi connectivity index (χ1v) is 10.8. The Balaban J connectivity index is 1.93. The van der Waals surface area contributed by atoms with Crippen LogP contribution in [0.2, 0.25) is 0 Å². The van der Waals surface area contributed by atoms with Crippen LogP contribution in [-0.4, -0.2) is 66.5 Å². The summed E-state index contributed by atoms with van der Waals surface area (Å²) < 4.78 is 23.6. The fourth-order valence-corrected chi connectivity index (χ4v) is 2.51. The molecule has 0 aromatic carbocycles. The molecule has 8 heteroatoms. The van der Waals surface area contributed by atoms with Crippen molar-refractivity contribution < 1.29 is 23.7 Å². The van der Waals surface area contributed by atoms with Gasteiger partial charge in [0.05, 0.1) is 58.5 Å². The van der Waals surface area contributed by atoms with Crippen molar-refractivity contribution in [2.75, 3.05) is 39.6 Å². The van der Waals surface area contributed by atoms with Crippen molar-refractivity contribution in [3.05, 3.63) is 11.9 Å². The van der Waals surface area contributed by atoms with E-state index in [9.17, 15) is 4.79 Å². The van der Waals surface area contributed by atoms with Crippen LogP contribution >= 0.6 is 0 Å². The maximum absolute atomic E-state index is 11.6. The predicted octanol–water partition coefficient (Wildman–Crippen LogP) is 3.04. The van der Waals surface area contributed by atoms with E-state index in [4.69, 9.17) is 18.9 Å². The molecule has 0 radical (unpaired) electrons. The summed E-state index contributed by atoms with van der Waals surface area (Å²) in [7, 11) is 0. The molecule has 0 saturated carbocycles. The Morgan fingerprint density at radius 1 is 0.931 bits per heavy atom. The van der Waals surface area contributed by atoms with Crippen LogP contribution in [0.25, 0.3) is 0 Å². The molecule has 0 amide bonds. The van der Waals surface area contributed by atoms with Crippen molar-refractivity contribution in [3.63, 3.8) is 0 Å². The van der Waals surface area contributed by atoms with Crippen LogP contribution in [0.5, 0.6) is 0 Å². The zero-order valence-corrected chi connectivity index (χ0v) is 18.6. The molecular weight excluding hydrogens is 374 g/mol. The largest absolute Gasteiger partial charge is 0.377 e. The molecule has 0 N–H and O–H groups in total. The molecule has 1 rings (SSSR count). The van der Waals surface area contributed by atoms with Gasteiger partial charge in [-0.25, -0.2) is 0 Å². The number of Topliss-reactive ketones (excluding diaryl/α,β-unsaturated/α-hetero) is 1. The first kappa shape index (κ1) is 25.7. The lowest BCUT2D eigenvalue weighted by Crippen LogP contribution is -2.13. The molecule has 29 heavy (non-hydrogen) atoms. The first-order valence-electron chi connectivity index (χ1n) is 10.8. The Labute approximate surface area is 175 Å². The standard InChI is InChI=1S/C21H39N3O5/c1-18(2)21(25)8-6-5-7-9-24-16-20(22-23-24)17-28-13-12-26-10-11-27-14-15-29-19(3)4/h16,18-19H,5-15,17H2,1-4H3. The average Bonchev–Trinajstić information content (AvgIpc) is 3.13. The van der Waals surface area contributed by atoms with E-state index in [1.165, 1.54) is 0 Å². The third-order valence-corrected chi connectivity index (χ3v) is 4.21. The quantitative estimate of drug-likeness (QED) is 0.322. The maximum Gasteiger partial charge on any atom is 0.135 e. The number of hydrogen-bond acceptors (Lipinski definition) is 7. The molecule has 1 aromatic heterocycles. The number of carbonyl (C=O) groups excluding carboxylic acids is 1. The Hall–Kier alpha value is -1.35. The van der Waals surface area contributed by atoms with Crippen LogP contribution in [0.4, 0.5) is 0 Å². The van der Waals surface area contributed by atoms with Gasteiger partial charge in [0.15, 0.2) is 0 Å². The molecule has 0 fully saturated rings. The lowest BCUT2D eigenvalue weighted by atomic mass is 10.0. The third-order valence-electron chi connectivity index (χ3n) is 4.21. The molecule has 1 heterocycles. The van der Waals surface area contributed by atoms with Crippen molar-refractivity contribution in [2.24, 2.45) is 5.92 Å². The third kappa shape index (κ3) is 14.3. The van der Waals surface area contributed by atoms with Crippen molar-refractivity contribution in [2.45, 2.75) is 72.6 Å². The number of aryl methyl sites for hydroxylation is 1. The second-order valence-electron chi connectivity index (χ2n) is 7.60. The van der Waals surface area contributed by atoms with E-state index in [1.54, 1.807) is 0 Å². The molecule has 1 aromatic rings. The summed E-state index contributed by atoms with van der Waals surface area (Å²) in [6, 6.07) is 0. The van der Waals surface area contributed by atoms with Gasteiger partial charge in [0.25, 0.3) is 0 Å². The van der Waals surface area contributed by atoms with E-state index in [1.807, 2.05) is 38.6 Å². The second-order valence-corrected chi connectivity index (χ2v) is 7.60. The van der Waals surface area contributed by atoms with Crippen molar-refractivity contribution in [3.8, 4) is 0 Å². The summed E-state index contributed by atoms with van der Waals surface area (Å²) in [4.78, 5) is 11.6. The first-order chi connectivity index (χ1) is 14.0. The zero-order chi connectivity index (χ0) is 21.3. The van der Waals surface area contributed by atoms with Crippen molar-refractivity contribution in [1.82, 2.24) is 15.0 Å². The lowest BCUT2D eigenvalue weighted by molar-refractivity contribution is -0.122. The smallest absolute Gasteiger partial charge is 0.135 e. The van der Waals surface area contributed by atoms with Crippen LogP contribution in [0.1, 0.15) is 59.1 Å². The van der Waals surface area contributed by atoms with E-state index in [-0.39, 0.29) is 12.0 Å². The topological polar surface area (TPSA) is 84.7 Å². The molecule has 0 saturated heterocycles. The molecule has 168 valence electrons. The van der Waals surface area contributed by atoms with Crippen molar-refractivity contribution >= 4 is 5.78 Å². The number of aromatic nitrogens is 3. The van der Waals surface area contributed by atoms with Gasteiger partial charge >= 0.3 is 0 Å². The van der Waals surface area contributed by atoms with E-state index in [0.29, 0.717) is 58.5 Å². The van der Waals surface area contributed by atoms with Gasteiger partial charge in [-0.15, -0.1) is 5.10 Å². The monoisotopic (exact) mass is 413 g/mol. The molecule has 0 aliphatic rings. The lowest BCUT2D eigenvalue weighted by Gasteiger charge is -2.08. The summed E-state index contributed by atoms with van der Waals surface area (Å²) in [5.41, 5.74) is 0.813. The summed E-state index contributed by atoms with van der Waals surface area (Å²) in [5.74, 6) is 0.485. The Morgan fingerprint density at radius 3 is 2.24 bits per heavy atom. The number of ether oxygens (including phenoxy) is 4. The fraction of sp³-hybridized carbons (Fsp3) is 0.857. The average molecular weight is 414 g/mol. The summed E-state index contributed by atoms with van der Waals surface area (Å²) in [5, 5.41) is 8.23. The highest BCUT2D eigenvalue weighted by atomic mass is 16.6. The van der Waals surface area contributed by atoms with Gasteiger partial charge in [0.2, 0.25) is 0 Å². The summed E-state index contributed by atoms with van der Waals surface area (Å²) in [6.07, 6.45) is 5.78. The van der Waals surface area contributed by atoms with Gasteiger partial charge in [-0.2, -0.15) is 0 Å². The number of carbonyl (C=O) groups is 1. The van der Waals surface area contributed by atoms with Gasteiger partial charge in [-0.05, 0) is 26.7 Å². The highest BCUT2D eigenvalue weighted by Crippen LogP contribution is 2.07. The van der Waals surface area contributed by atoms with Crippen LogP contribution < -0.4 is 0 Å². The van der Waals surface area contributed by atoms with E-state index in [0.717, 1.165) is 31.5 Å². The van der Waals surface area contributed by atoms with Crippen molar-refractivity contribution in [1.29, 1.82) is 0 Å². The number of unbranched alkanes of at least 4 members (excludes halogenated alkanes) is 2. The SMILES string of the molecule is CC(C)OCCOCCOCCOCc1cn(CCCCCC(=O)C(C)C)nn1. The maximum atomic E-state index is 11.6. The molecule has 0 aliphatic carbocycles. The zero-order valence-electron chi connectivity index (χ0n) is 18.6. The van der Waals surface area contributed by atoms with Crippen LogP contribution in [0, 0.1) is 5.92 Å². The second kappa shape index (κ2) is 16.4. The Morgan fingerprint density at radius 2 is 1.59 bits per heavy atom. The van der Waals surface area contributed by atoms with E-state index in [2.05, 4.69) is 10.3 Å². The van der Waals surface area contributed by atoms with Crippen LogP contribution in [-0.2, 0) is 36.9 Å². The minimum atomic E-state index is 0.140. The van der Waals surface area contributed by atoms with Gasteiger partial charge in [-0.1, -0.05) is 25.5 Å². The molecule has 0 bridgehead atoms. The number of hydrogen-bond donors (Lipinski definition) is 0. The summed E-state index contributed by atoms with van der Waals surface area (Å²) >= 11 is 0. The molecular formula is C21H39N3O5. The van der Waals surface area contributed by atoms with Gasteiger partial charge in [0, 0.05) is 18.9 Å². The van der Waals surface area contributed by atoms with E-state index < -0.39 is 0 Å². The minimum absolute atomic E-state index is 0.140. The summed E-state index contributed by atoms with van der Waals surface area (Å²) in [6.45, 7) is 12.5. The molecule has 0 atom stereocenters. The molecule has 8 nitrogen and oxygen atoms in total. The predicted molar refractivity (Wildman–Crippen MR) is 111 cm³/mol. The van der Waals surface area contributed by atoms with Gasteiger partial charge in [-0.3, -0.25) is 9.48 Å². The Bertz CT molecular complexity index is 534. The Kier molecular flexibility index (Phi) is 14.6. The molecule has 0 unspecified atom stereocenters. The van der Waals surface area contributed by atoms with Gasteiger partial charge in [0.1, 0.15) is 11.5 Å². The normalized spacial score (nSPS) is 11.7. The fourth-order valence-electron chi connectivity index (χ4n) is 2.51. The molecule has 0 aliphatic heterocycles. The van der Waals surface area contributed by atoms with Gasteiger partial charge < -0.3 is 18.9 Å². The number of rotatable bonds is 19. The van der Waals surface area contributed by atoms with Crippen LogP contribution in [0.15, 0.2) is 6.20 Å². The number of nitrogens with zero attached hydrogens (tertiary/aromatic N) is 3. The highest BCUT2D eigenvalue weighted by molar-refractivity contribution is 5.80. The highest BCUT2D eigenvalue weighted by Gasteiger charge is 2.06. The number of ketones is 1. The van der Waals surface area contributed by atoms with E-state index >= 15 is 0 Å². The minimum Gasteiger partial charge on any atom is -0.377 e.